The van der Waals surface area contributed by atoms with E-state index in [9.17, 15) is 9.50 Å². The number of nitrogens with one attached hydrogen (secondary N) is 1. The summed E-state index contributed by atoms with van der Waals surface area (Å²) in [5.74, 6) is -1.17. The summed E-state index contributed by atoms with van der Waals surface area (Å²) < 4.78 is 34.6. The molecule has 4 N–H and O–H groups in total. The van der Waals surface area contributed by atoms with Crippen LogP contribution in [-0.2, 0) is 5.54 Å². The van der Waals surface area contributed by atoms with Gasteiger partial charge in [-0.1, -0.05) is 18.7 Å². The second kappa shape index (κ2) is 7.53. The SMILES string of the molecule is COc1cnc2c(Nc3cc(F)c(F)c([C@@]4(C)N=C(N)S[C@@]5(CO)C(C)C54)c3)nccc2c1. The fraction of sp³-hybridized carbons (Fsp3) is 0.348. The summed E-state index contributed by atoms with van der Waals surface area (Å²) in [6.45, 7) is 3.59. The van der Waals surface area contributed by atoms with Gasteiger partial charge in [0.15, 0.2) is 22.6 Å². The first kappa shape index (κ1) is 21.8. The van der Waals surface area contributed by atoms with E-state index in [4.69, 9.17) is 10.5 Å². The number of nitrogens with two attached hydrogens (primary N) is 1. The molecule has 33 heavy (non-hydrogen) atoms. The molecule has 0 saturated heterocycles. The molecule has 2 unspecified atom stereocenters. The molecule has 1 aliphatic carbocycles. The molecule has 1 aliphatic heterocycles. The molecular weight excluding hydrogens is 448 g/mol. The van der Waals surface area contributed by atoms with E-state index in [0.717, 1.165) is 11.5 Å². The van der Waals surface area contributed by atoms with Crippen LogP contribution in [0.5, 0.6) is 5.75 Å². The Labute approximate surface area is 193 Å². The molecule has 1 fully saturated rings. The Morgan fingerprint density at radius 1 is 1.27 bits per heavy atom. The quantitative estimate of drug-likeness (QED) is 0.518. The Morgan fingerprint density at radius 3 is 2.79 bits per heavy atom. The first-order valence-corrected chi connectivity index (χ1v) is 11.3. The maximum atomic E-state index is 15.1. The van der Waals surface area contributed by atoms with Crippen molar-refractivity contribution in [2.75, 3.05) is 19.0 Å². The van der Waals surface area contributed by atoms with E-state index in [1.807, 2.05) is 13.0 Å². The number of aliphatic hydroxyl groups is 1. The maximum Gasteiger partial charge on any atom is 0.164 e. The van der Waals surface area contributed by atoms with Crippen molar-refractivity contribution in [3.05, 3.63) is 53.9 Å². The molecular formula is C23H23F2N5O2S. The molecule has 2 aromatic heterocycles. The van der Waals surface area contributed by atoms with E-state index in [2.05, 4.69) is 20.3 Å². The number of rotatable bonds is 5. The number of halogens is 2. The van der Waals surface area contributed by atoms with Crippen molar-refractivity contribution in [1.82, 2.24) is 9.97 Å². The van der Waals surface area contributed by atoms with E-state index >= 15 is 4.39 Å². The molecule has 4 atom stereocenters. The van der Waals surface area contributed by atoms with Gasteiger partial charge in [0.1, 0.15) is 11.3 Å². The first-order valence-electron chi connectivity index (χ1n) is 10.4. The number of aromatic nitrogens is 2. The third-order valence-electron chi connectivity index (χ3n) is 6.82. The van der Waals surface area contributed by atoms with Crippen LogP contribution in [0.3, 0.4) is 0 Å². The zero-order valence-electron chi connectivity index (χ0n) is 18.3. The van der Waals surface area contributed by atoms with E-state index in [-0.39, 0.29) is 29.2 Å². The molecule has 0 radical (unpaired) electrons. The molecule has 0 amide bonds. The van der Waals surface area contributed by atoms with Gasteiger partial charge >= 0.3 is 0 Å². The predicted molar refractivity (Wildman–Crippen MR) is 125 cm³/mol. The van der Waals surface area contributed by atoms with Gasteiger partial charge in [-0.15, -0.1) is 0 Å². The van der Waals surface area contributed by atoms with Gasteiger partial charge in [-0.25, -0.2) is 18.7 Å². The summed E-state index contributed by atoms with van der Waals surface area (Å²) >= 11 is 1.31. The number of benzene rings is 1. The summed E-state index contributed by atoms with van der Waals surface area (Å²) in [6, 6.07) is 6.20. The van der Waals surface area contributed by atoms with E-state index in [1.165, 1.54) is 17.8 Å². The second-order valence-corrected chi connectivity index (χ2v) is 10.0. The van der Waals surface area contributed by atoms with Gasteiger partial charge in [-0.05, 0) is 31.0 Å². The fourth-order valence-electron chi connectivity index (χ4n) is 5.15. The van der Waals surface area contributed by atoms with Crippen molar-refractivity contribution in [3.8, 4) is 5.75 Å². The molecule has 1 aromatic carbocycles. The van der Waals surface area contributed by atoms with Crippen molar-refractivity contribution in [1.29, 1.82) is 0 Å². The standard InChI is InChI=1S/C23H23F2N5O2S/c1-11-19-22(2,30-21(26)33-23(11,19)10-31)15-7-13(8-16(24)17(15)25)29-20-18-12(4-5-27-20)6-14(32-3)9-28-18/h4-9,11,19,31H,10H2,1-3H3,(H2,26,30)(H,27,29)/t11?,19?,22-,23+/m1/s1. The van der Waals surface area contributed by atoms with Crippen LogP contribution < -0.4 is 15.8 Å². The molecule has 0 spiro atoms. The van der Waals surface area contributed by atoms with Crippen LogP contribution in [0.2, 0.25) is 0 Å². The van der Waals surface area contributed by atoms with E-state index in [0.29, 0.717) is 22.8 Å². The zero-order valence-corrected chi connectivity index (χ0v) is 19.1. The van der Waals surface area contributed by atoms with Crippen LogP contribution in [0.15, 0.2) is 41.7 Å². The third kappa shape index (κ3) is 3.23. The van der Waals surface area contributed by atoms with Crippen LogP contribution in [0.25, 0.3) is 10.9 Å². The van der Waals surface area contributed by atoms with Gasteiger partial charge in [0.2, 0.25) is 0 Å². The van der Waals surface area contributed by atoms with Crippen LogP contribution >= 0.6 is 11.8 Å². The average Bonchev–Trinajstić information content (AvgIpc) is 3.40. The summed E-state index contributed by atoms with van der Waals surface area (Å²) in [7, 11) is 1.55. The lowest BCUT2D eigenvalue weighted by Gasteiger charge is -2.33. The number of ether oxygens (including phenoxy) is 1. The maximum absolute atomic E-state index is 15.1. The normalized spacial score (nSPS) is 28.2. The highest BCUT2D eigenvalue weighted by molar-refractivity contribution is 8.15. The van der Waals surface area contributed by atoms with E-state index in [1.54, 1.807) is 32.5 Å². The number of methoxy groups -OCH3 is 1. The fourth-order valence-corrected chi connectivity index (χ4v) is 6.65. The Bertz CT molecular complexity index is 1310. The Morgan fingerprint density at radius 2 is 2.06 bits per heavy atom. The third-order valence-corrected chi connectivity index (χ3v) is 8.26. The van der Waals surface area contributed by atoms with Crippen molar-refractivity contribution >= 4 is 39.3 Å². The summed E-state index contributed by atoms with van der Waals surface area (Å²) in [5, 5.41) is 14.1. The van der Waals surface area contributed by atoms with Crippen LogP contribution in [0.4, 0.5) is 20.3 Å². The number of anilines is 2. The highest BCUT2D eigenvalue weighted by Crippen LogP contribution is 2.69. The van der Waals surface area contributed by atoms with Crippen molar-refractivity contribution in [3.63, 3.8) is 0 Å². The first-order chi connectivity index (χ1) is 15.7. The number of pyridine rings is 2. The van der Waals surface area contributed by atoms with Crippen LogP contribution in [0, 0.1) is 23.5 Å². The highest BCUT2D eigenvalue weighted by atomic mass is 32.2. The number of hydrogen-bond acceptors (Lipinski definition) is 8. The monoisotopic (exact) mass is 471 g/mol. The molecule has 3 aromatic rings. The minimum Gasteiger partial charge on any atom is -0.495 e. The number of aliphatic imine (C=N–C) groups is 1. The van der Waals surface area contributed by atoms with Gasteiger partial charge in [0, 0.05) is 34.8 Å². The summed E-state index contributed by atoms with van der Waals surface area (Å²) in [4.78, 5) is 13.3. The number of fused-ring (bicyclic) bond motifs is 2. The van der Waals surface area contributed by atoms with Gasteiger partial charge < -0.3 is 20.9 Å². The Balaban J connectivity index is 1.59. The predicted octanol–water partition coefficient (Wildman–Crippen LogP) is 3.93. The highest BCUT2D eigenvalue weighted by Gasteiger charge is 2.72. The average molecular weight is 472 g/mol. The van der Waals surface area contributed by atoms with Crippen molar-refractivity contribution in [2.24, 2.45) is 22.6 Å². The Hall–Kier alpha value is -2.98. The second-order valence-electron chi connectivity index (χ2n) is 8.63. The lowest BCUT2D eigenvalue weighted by Crippen LogP contribution is -2.37. The zero-order chi connectivity index (χ0) is 23.5. The van der Waals surface area contributed by atoms with Crippen LogP contribution in [-0.4, -0.2) is 38.7 Å². The largest absolute Gasteiger partial charge is 0.495 e. The smallest absolute Gasteiger partial charge is 0.164 e. The number of amidine groups is 1. The summed E-state index contributed by atoms with van der Waals surface area (Å²) in [6.07, 6.45) is 3.16. The van der Waals surface area contributed by atoms with Gasteiger partial charge in [-0.3, -0.25) is 4.99 Å². The van der Waals surface area contributed by atoms with Gasteiger partial charge in [0.25, 0.3) is 0 Å². The molecule has 0 bridgehead atoms. The molecule has 10 heteroatoms. The molecule has 7 nitrogen and oxygen atoms in total. The topological polar surface area (TPSA) is 106 Å². The number of nitrogens with zero attached hydrogens (tertiary/aromatic N) is 3. The lowest BCUT2D eigenvalue weighted by atomic mass is 9.84. The summed E-state index contributed by atoms with van der Waals surface area (Å²) in [5.41, 5.74) is 5.88. The molecule has 5 rings (SSSR count). The molecule has 3 heterocycles. The van der Waals surface area contributed by atoms with Crippen LogP contribution in [0.1, 0.15) is 19.4 Å². The van der Waals surface area contributed by atoms with Crippen molar-refractivity contribution < 1.29 is 18.6 Å². The number of thioether (sulfide) groups is 1. The molecule has 2 aliphatic rings. The number of hydrogen-bond donors (Lipinski definition) is 3. The van der Waals surface area contributed by atoms with Crippen molar-refractivity contribution in [2.45, 2.75) is 24.1 Å². The Kier molecular flexibility index (Phi) is 4.98. The van der Waals surface area contributed by atoms with E-state index < -0.39 is 21.9 Å². The molecule has 1 saturated carbocycles. The van der Waals surface area contributed by atoms with Gasteiger partial charge in [-0.2, -0.15) is 0 Å². The minimum absolute atomic E-state index is 0.0280. The minimum atomic E-state index is -1.13. The van der Waals surface area contributed by atoms with Gasteiger partial charge in [0.05, 0.1) is 30.2 Å². The molecule has 172 valence electrons. The number of aliphatic hydroxyl groups excluding tert-OH is 1. The lowest BCUT2D eigenvalue weighted by molar-refractivity contribution is 0.264.